The maximum atomic E-state index is 12.2. The Bertz CT molecular complexity index is 936. The molecular weight excluding hydrogens is 396 g/mol. The van der Waals surface area contributed by atoms with Gasteiger partial charge in [-0.2, -0.15) is 5.10 Å². The van der Waals surface area contributed by atoms with Gasteiger partial charge in [0.25, 0.3) is 0 Å². The normalized spacial score (nSPS) is 12.4. The van der Waals surface area contributed by atoms with Crippen molar-refractivity contribution in [3.05, 3.63) is 70.7 Å². The number of carbonyl (C=O) groups is 1. The van der Waals surface area contributed by atoms with Crippen molar-refractivity contribution in [1.29, 1.82) is 0 Å². The molecular formula is C22H28N6OS. The van der Waals surface area contributed by atoms with Gasteiger partial charge >= 0.3 is 0 Å². The fourth-order valence-electron chi connectivity index (χ4n) is 3.02. The molecule has 0 fully saturated rings. The highest BCUT2D eigenvalue weighted by Crippen LogP contribution is 2.14. The number of amides is 1. The first kappa shape index (κ1) is 21.6. The minimum absolute atomic E-state index is 0.110. The Kier molecular flexibility index (Phi) is 8.02. The minimum Gasteiger partial charge on any atom is -0.356 e. The third-order valence-corrected chi connectivity index (χ3v) is 5.41. The number of aliphatic imine (C=N–C) groups is 1. The van der Waals surface area contributed by atoms with E-state index in [-0.39, 0.29) is 12.5 Å². The average Bonchev–Trinajstić information content (AvgIpc) is 3.42. The van der Waals surface area contributed by atoms with Gasteiger partial charge in [-0.25, -0.2) is 0 Å². The van der Waals surface area contributed by atoms with E-state index >= 15 is 0 Å². The van der Waals surface area contributed by atoms with Crippen LogP contribution < -0.4 is 16.0 Å². The molecule has 0 bridgehead atoms. The molecule has 3 rings (SSSR count). The van der Waals surface area contributed by atoms with Crippen molar-refractivity contribution < 1.29 is 4.79 Å². The summed E-state index contributed by atoms with van der Waals surface area (Å²) in [4.78, 5) is 17.9. The van der Waals surface area contributed by atoms with E-state index in [9.17, 15) is 4.79 Å². The average molecular weight is 425 g/mol. The Morgan fingerprint density at radius 3 is 2.87 bits per heavy atom. The molecule has 0 radical (unpaired) electrons. The SMILES string of the molecule is CN=C(NCc1cccc(NC(=O)Cn2cccn2)c1)NCC(C)Cc1cccs1. The maximum Gasteiger partial charge on any atom is 0.246 e. The summed E-state index contributed by atoms with van der Waals surface area (Å²) >= 11 is 1.80. The smallest absolute Gasteiger partial charge is 0.246 e. The Labute approximate surface area is 181 Å². The predicted octanol–water partition coefficient (Wildman–Crippen LogP) is 3.13. The first-order valence-electron chi connectivity index (χ1n) is 9.95. The first-order chi connectivity index (χ1) is 14.6. The summed E-state index contributed by atoms with van der Waals surface area (Å²) in [6, 6.07) is 13.8. The van der Waals surface area contributed by atoms with Gasteiger partial charge in [0.05, 0.1) is 0 Å². The van der Waals surface area contributed by atoms with Gasteiger partial charge in [-0.1, -0.05) is 25.1 Å². The van der Waals surface area contributed by atoms with Crippen LogP contribution in [0.2, 0.25) is 0 Å². The molecule has 7 nitrogen and oxygen atoms in total. The second-order valence-electron chi connectivity index (χ2n) is 7.15. The standard InChI is InChI=1S/C22H28N6OS/c1-17(12-20-8-4-11-30-20)14-24-22(23-2)25-15-18-6-3-7-19(13-18)27-21(29)16-28-10-5-9-26-28/h3-11,13,17H,12,14-16H2,1-2H3,(H,27,29)(H2,23,24,25). The van der Waals surface area contributed by atoms with E-state index in [0.29, 0.717) is 12.5 Å². The number of anilines is 1. The highest BCUT2D eigenvalue weighted by atomic mass is 32.1. The van der Waals surface area contributed by atoms with Gasteiger partial charge in [-0.05, 0) is 47.5 Å². The molecule has 0 spiro atoms. The minimum atomic E-state index is -0.110. The largest absolute Gasteiger partial charge is 0.356 e. The highest BCUT2D eigenvalue weighted by molar-refractivity contribution is 7.09. The topological polar surface area (TPSA) is 83.3 Å². The van der Waals surface area contributed by atoms with Crippen LogP contribution in [0.3, 0.4) is 0 Å². The number of carbonyl (C=O) groups excluding carboxylic acids is 1. The molecule has 2 heterocycles. The van der Waals surface area contributed by atoms with Crippen molar-refractivity contribution in [2.75, 3.05) is 18.9 Å². The van der Waals surface area contributed by atoms with Crippen molar-refractivity contribution >= 4 is 28.9 Å². The number of nitrogens with zero attached hydrogens (tertiary/aromatic N) is 3. The van der Waals surface area contributed by atoms with E-state index in [2.05, 4.69) is 50.5 Å². The van der Waals surface area contributed by atoms with Gasteiger partial charge in [0.15, 0.2) is 5.96 Å². The van der Waals surface area contributed by atoms with E-state index in [0.717, 1.165) is 30.2 Å². The fourth-order valence-corrected chi connectivity index (χ4v) is 3.89. The Morgan fingerprint density at radius 1 is 1.23 bits per heavy atom. The van der Waals surface area contributed by atoms with Crippen molar-refractivity contribution in [1.82, 2.24) is 20.4 Å². The summed E-state index contributed by atoms with van der Waals surface area (Å²) in [5, 5.41) is 15.8. The van der Waals surface area contributed by atoms with Crippen LogP contribution in [0.5, 0.6) is 0 Å². The van der Waals surface area contributed by atoms with E-state index in [4.69, 9.17) is 0 Å². The number of benzene rings is 1. The van der Waals surface area contributed by atoms with Crippen LogP contribution in [0, 0.1) is 5.92 Å². The van der Waals surface area contributed by atoms with Crippen LogP contribution in [0.4, 0.5) is 5.69 Å². The zero-order valence-electron chi connectivity index (χ0n) is 17.3. The molecule has 1 atom stereocenters. The molecule has 0 aliphatic rings. The molecule has 0 aliphatic heterocycles. The number of thiophene rings is 1. The monoisotopic (exact) mass is 424 g/mol. The first-order valence-corrected chi connectivity index (χ1v) is 10.8. The summed E-state index contributed by atoms with van der Waals surface area (Å²) in [7, 11) is 1.77. The molecule has 1 amide bonds. The lowest BCUT2D eigenvalue weighted by molar-refractivity contribution is -0.116. The van der Waals surface area contributed by atoms with Crippen molar-refractivity contribution in [2.45, 2.75) is 26.4 Å². The molecule has 158 valence electrons. The predicted molar refractivity (Wildman–Crippen MR) is 123 cm³/mol. The summed E-state index contributed by atoms with van der Waals surface area (Å²) < 4.78 is 1.59. The lowest BCUT2D eigenvalue weighted by Crippen LogP contribution is -2.39. The quantitative estimate of drug-likeness (QED) is 0.364. The lowest BCUT2D eigenvalue weighted by atomic mass is 10.1. The number of rotatable bonds is 9. The fraction of sp³-hybridized carbons (Fsp3) is 0.318. The van der Waals surface area contributed by atoms with Crippen molar-refractivity contribution in [2.24, 2.45) is 10.9 Å². The number of hydrogen-bond acceptors (Lipinski definition) is 4. The van der Waals surface area contributed by atoms with Crippen LogP contribution in [0.25, 0.3) is 0 Å². The summed E-state index contributed by atoms with van der Waals surface area (Å²) in [5.74, 6) is 1.16. The molecule has 0 saturated carbocycles. The molecule has 3 N–H and O–H groups in total. The highest BCUT2D eigenvalue weighted by Gasteiger charge is 2.07. The molecule has 3 aromatic rings. The summed E-state index contributed by atoms with van der Waals surface area (Å²) in [6.07, 6.45) is 4.48. The van der Waals surface area contributed by atoms with Crippen LogP contribution in [0.1, 0.15) is 17.4 Å². The van der Waals surface area contributed by atoms with E-state index < -0.39 is 0 Å². The zero-order chi connectivity index (χ0) is 21.2. The number of hydrogen-bond donors (Lipinski definition) is 3. The van der Waals surface area contributed by atoms with Gasteiger partial charge < -0.3 is 16.0 Å². The van der Waals surface area contributed by atoms with Gasteiger partial charge in [-0.3, -0.25) is 14.5 Å². The van der Waals surface area contributed by atoms with Gasteiger partial charge in [0.1, 0.15) is 6.54 Å². The Balaban J connectivity index is 1.44. The second-order valence-corrected chi connectivity index (χ2v) is 8.18. The van der Waals surface area contributed by atoms with Crippen LogP contribution in [-0.2, 0) is 24.3 Å². The van der Waals surface area contributed by atoms with Crippen molar-refractivity contribution in [3.8, 4) is 0 Å². The zero-order valence-corrected chi connectivity index (χ0v) is 18.2. The van der Waals surface area contributed by atoms with Gasteiger partial charge in [0.2, 0.25) is 5.91 Å². The molecule has 0 aliphatic carbocycles. The maximum absolute atomic E-state index is 12.2. The molecule has 2 aromatic heterocycles. The number of aromatic nitrogens is 2. The summed E-state index contributed by atoms with van der Waals surface area (Å²) in [6.45, 7) is 3.88. The van der Waals surface area contributed by atoms with Crippen molar-refractivity contribution in [3.63, 3.8) is 0 Å². The van der Waals surface area contributed by atoms with Gasteiger partial charge in [0, 0.05) is 43.1 Å². The van der Waals surface area contributed by atoms with Crippen LogP contribution in [0.15, 0.2) is 65.2 Å². The second kappa shape index (κ2) is 11.2. The third-order valence-electron chi connectivity index (χ3n) is 4.51. The third kappa shape index (κ3) is 7.04. The van der Waals surface area contributed by atoms with E-state index in [1.807, 2.05) is 24.3 Å². The molecule has 0 saturated heterocycles. The van der Waals surface area contributed by atoms with Crippen LogP contribution in [-0.4, -0.2) is 35.2 Å². The number of guanidine groups is 1. The van der Waals surface area contributed by atoms with Crippen LogP contribution >= 0.6 is 11.3 Å². The molecule has 8 heteroatoms. The number of nitrogens with one attached hydrogen (secondary N) is 3. The molecule has 1 aromatic carbocycles. The van der Waals surface area contributed by atoms with Gasteiger partial charge in [-0.15, -0.1) is 11.3 Å². The molecule has 30 heavy (non-hydrogen) atoms. The molecule has 1 unspecified atom stereocenters. The Hall–Kier alpha value is -3.13. The van der Waals surface area contributed by atoms with E-state index in [1.165, 1.54) is 4.88 Å². The van der Waals surface area contributed by atoms with E-state index in [1.54, 1.807) is 41.5 Å². The lowest BCUT2D eigenvalue weighted by Gasteiger charge is -2.16. The summed E-state index contributed by atoms with van der Waals surface area (Å²) in [5.41, 5.74) is 1.82. The Morgan fingerprint density at radius 2 is 2.13 bits per heavy atom.